The van der Waals surface area contributed by atoms with Crippen LogP contribution in [0.5, 0.6) is 0 Å². The maximum absolute atomic E-state index is 6.18. The lowest BCUT2D eigenvalue weighted by Gasteiger charge is -2.15. The van der Waals surface area contributed by atoms with Gasteiger partial charge in [-0.2, -0.15) is 0 Å². The van der Waals surface area contributed by atoms with E-state index in [0.717, 1.165) is 5.56 Å². The van der Waals surface area contributed by atoms with E-state index in [1.54, 1.807) is 0 Å². The summed E-state index contributed by atoms with van der Waals surface area (Å²) < 4.78 is 0. The fourth-order valence-corrected chi connectivity index (χ4v) is 3.06. The van der Waals surface area contributed by atoms with Gasteiger partial charge >= 0.3 is 0 Å². The number of benzene rings is 2. The summed E-state index contributed by atoms with van der Waals surface area (Å²) >= 11 is 12.4. The zero-order chi connectivity index (χ0) is 11.5. The van der Waals surface area contributed by atoms with Gasteiger partial charge in [0.05, 0.1) is 0 Å². The molecule has 82 valence electrons. The molecular formula is C13H11Cl2P. The summed E-state index contributed by atoms with van der Waals surface area (Å²) in [5.74, 6) is 0. The summed E-state index contributed by atoms with van der Waals surface area (Å²) in [7, 11) is 2.79. The number of rotatable bonds is 2. The van der Waals surface area contributed by atoms with Crippen LogP contribution >= 0.6 is 32.4 Å². The zero-order valence-corrected chi connectivity index (χ0v) is 11.2. The van der Waals surface area contributed by atoms with Gasteiger partial charge in [0, 0.05) is 21.3 Å². The van der Waals surface area contributed by atoms with Crippen molar-refractivity contribution in [2.45, 2.75) is 5.66 Å². The van der Waals surface area contributed by atoms with Crippen LogP contribution in [0.2, 0.25) is 10.0 Å². The first-order chi connectivity index (χ1) is 7.70. The van der Waals surface area contributed by atoms with Crippen LogP contribution in [0.3, 0.4) is 0 Å². The number of hydrogen-bond donors (Lipinski definition) is 0. The van der Waals surface area contributed by atoms with Gasteiger partial charge in [-0.1, -0.05) is 59.6 Å². The van der Waals surface area contributed by atoms with E-state index in [0.29, 0.717) is 10.0 Å². The second-order valence-corrected chi connectivity index (χ2v) is 5.00. The van der Waals surface area contributed by atoms with Crippen molar-refractivity contribution in [1.82, 2.24) is 0 Å². The van der Waals surface area contributed by atoms with Gasteiger partial charge in [0.15, 0.2) is 0 Å². The van der Waals surface area contributed by atoms with Gasteiger partial charge in [-0.05, 0) is 17.7 Å². The van der Waals surface area contributed by atoms with Crippen LogP contribution in [-0.4, -0.2) is 0 Å². The molecule has 0 aliphatic rings. The Balaban J connectivity index is 2.46. The molecule has 0 aliphatic carbocycles. The Morgan fingerprint density at radius 1 is 0.812 bits per heavy atom. The van der Waals surface area contributed by atoms with E-state index < -0.39 is 0 Å². The molecule has 0 radical (unpaired) electrons. The molecule has 0 aliphatic heterocycles. The standard InChI is InChI=1S/C13H11Cl2P/c14-10-7-4-8-11(15)12(10)13(16)9-5-2-1-3-6-9/h1-8,13H,16H2. The van der Waals surface area contributed by atoms with Gasteiger partial charge in [-0.15, -0.1) is 9.24 Å². The van der Waals surface area contributed by atoms with Crippen LogP contribution in [0.25, 0.3) is 0 Å². The molecule has 0 heterocycles. The SMILES string of the molecule is PC(c1ccccc1)c1c(Cl)cccc1Cl. The van der Waals surface area contributed by atoms with E-state index in [2.05, 4.69) is 21.4 Å². The Hall–Kier alpha value is -0.550. The smallest absolute Gasteiger partial charge is 0.0462 e. The Morgan fingerprint density at radius 3 is 1.94 bits per heavy atom. The molecule has 2 rings (SSSR count). The molecule has 0 saturated heterocycles. The predicted octanol–water partition coefficient (Wildman–Crippen LogP) is 4.96. The summed E-state index contributed by atoms with van der Waals surface area (Å²) in [6, 6.07) is 15.7. The molecule has 0 bridgehead atoms. The molecule has 2 unspecified atom stereocenters. The third kappa shape index (κ3) is 2.40. The second-order valence-electron chi connectivity index (χ2n) is 3.52. The van der Waals surface area contributed by atoms with Gasteiger partial charge in [-0.3, -0.25) is 0 Å². The summed E-state index contributed by atoms with van der Waals surface area (Å²) in [6.45, 7) is 0. The van der Waals surface area contributed by atoms with Crippen molar-refractivity contribution in [2.24, 2.45) is 0 Å². The molecule has 2 atom stereocenters. The molecule has 0 amide bonds. The highest BCUT2D eigenvalue weighted by Gasteiger charge is 2.14. The third-order valence-corrected chi connectivity index (χ3v) is 3.85. The summed E-state index contributed by atoms with van der Waals surface area (Å²) in [4.78, 5) is 0. The van der Waals surface area contributed by atoms with E-state index >= 15 is 0 Å². The molecule has 0 fully saturated rings. The van der Waals surface area contributed by atoms with Crippen molar-refractivity contribution < 1.29 is 0 Å². The lowest BCUT2D eigenvalue weighted by Crippen LogP contribution is -1.94. The van der Waals surface area contributed by atoms with Gasteiger partial charge in [0.1, 0.15) is 0 Å². The molecule has 2 aromatic rings. The third-order valence-electron chi connectivity index (χ3n) is 2.47. The van der Waals surface area contributed by atoms with Crippen molar-refractivity contribution in [3.8, 4) is 0 Å². The van der Waals surface area contributed by atoms with Crippen LogP contribution in [0.4, 0.5) is 0 Å². The van der Waals surface area contributed by atoms with Gasteiger partial charge in [0.25, 0.3) is 0 Å². The monoisotopic (exact) mass is 268 g/mol. The molecule has 0 spiro atoms. The Kier molecular flexibility index (Phi) is 3.86. The summed E-state index contributed by atoms with van der Waals surface area (Å²) in [6.07, 6.45) is 0. The molecule has 0 aromatic heterocycles. The predicted molar refractivity (Wildman–Crippen MR) is 74.5 cm³/mol. The highest BCUT2D eigenvalue weighted by atomic mass is 35.5. The summed E-state index contributed by atoms with van der Waals surface area (Å²) in [5.41, 5.74) is 2.27. The van der Waals surface area contributed by atoms with E-state index in [-0.39, 0.29) is 5.66 Å². The molecular weight excluding hydrogens is 258 g/mol. The van der Waals surface area contributed by atoms with Gasteiger partial charge in [0.2, 0.25) is 0 Å². The first kappa shape index (κ1) is 11.9. The van der Waals surface area contributed by atoms with Crippen LogP contribution < -0.4 is 0 Å². The second kappa shape index (κ2) is 5.19. The fraction of sp³-hybridized carbons (Fsp3) is 0.0769. The maximum Gasteiger partial charge on any atom is 0.0462 e. The minimum atomic E-state index is 0.127. The average molecular weight is 269 g/mol. The Morgan fingerprint density at radius 2 is 1.38 bits per heavy atom. The topological polar surface area (TPSA) is 0 Å². The largest absolute Gasteiger partial charge is 0.125 e. The summed E-state index contributed by atoms with van der Waals surface area (Å²) in [5, 5.41) is 1.41. The molecule has 16 heavy (non-hydrogen) atoms. The quantitative estimate of drug-likeness (QED) is 0.676. The minimum absolute atomic E-state index is 0.127. The molecule has 0 N–H and O–H groups in total. The van der Waals surface area contributed by atoms with Crippen LogP contribution in [0, 0.1) is 0 Å². The molecule has 0 saturated carbocycles. The number of hydrogen-bond acceptors (Lipinski definition) is 0. The average Bonchev–Trinajstić information content (AvgIpc) is 2.30. The normalized spacial score (nSPS) is 12.4. The molecule has 3 heteroatoms. The molecule has 0 nitrogen and oxygen atoms in total. The van der Waals surface area contributed by atoms with E-state index in [9.17, 15) is 0 Å². The lowest BCUT2D eigenvalue weighted by atomic mass is 10.0. The van der Waals surface area contributed by atoms with Crippen LogP contribution in [-0.2, 0) is 0 Å². The number of halogens is 2. The van der Waals surface area contributed by atoms with Crippen molar-refractivity contribution in [1.29, 1.82) is 0 Å². The van der Waals surface area contributed by atoms with E-state index in [4.69, 9.17) is 23.2 Å². The van der Waals surface area contributed by atoms with Crippen molar-refractivity contribution >= 4 is 32.4 Å². The van der Waals surface area contributed by atoms with Crippen LogP contribution in [0.1, 0.15) is 16.8 Å². The first-order valence-corrected chi connectivity index (χ1v) is 6.37. The highest BCUT2D eigenvalue weighted by Crippen LogP contribution is 2.39. The maximum atomic E-state index is 6.18. The van der Waals surface area contributed by atoms with Crippen molar-refractivity contribution in [3.05, 3.63) is 69.7 Å². The fourth-order valence-electron chi connectivity index (χ4n) is 1.63. The van der Waals surface area contributed by atoms with E-state index in [1.807, 2.05) is 36.4 Å². The van der Waals surface area contributed by atoms with Crippen molar-refractivity contribution in [3.63, 3.8) is 0 Å². The lowest BCUT2D eigenvalue weighted by molar-refractivity contribution is 1.16. The van der Waals surface area contributed by atoms with Gasteiger partial charge < -0.3 is 0 Å². The molecule has 2 aromatic carbocycles. The Bertz CT molecular complexity index is 462. The minimum Gasteiger partial charge on any atom is -0.125 e. The van der Waals surface area contributed by atoms with Gasteiger partial charge in [-0.25, -0.2) is 0 Å². The van der Waals surface area contributed by atoms with Crippen molar-refractivity contribution in [2.75, 3.05) is 0 Å². The Labute approximate surface area is 108 Å². The van der Waals surface area contributed by atoms with E-state index in [1.165, 1.54) is 5.56 Å². The zero-order valence-electron chi connectivity index (χ0n) is 8.53. The van der Waals surface area contributed by atoms with Crippen LogP contribution in [0.15, 0.2) is 48.5 Å². The first-order valence-electron chi connectivity index (χ1n) is 4.94. The highest BCUT2D eigenvalue weighted by molar-refractivity contribution is 7.17.